The zero-order chi connectivity index (χ0) is 20.9. The second kappa shape index (κ2) is 13.7. The van der Waals surface area contributed by atoms with Crippen LogP contribution < -0.4 is 4.74 Å². The van der Waals surface area contributed by atoms with E-state index in [1.165, 1.54) is 64.2 Å². The number of hydrogen-bond acceptors (Lipinski definition) is 3. The second-order valence-electron chi connectivity index (χ2n) is 8.71. The largest absolute Gasteiger partial charge is 0.490 e. The molecule has 0 heterocycles. The van der Waals surface area contributed by atoms with Crippen molar-refractivity contribution in [1.29, 1.82) is 0 Å². The number of unbranched alkanes of at least 4 members (excludes halogenated alkanes) is 4. The Bertz CT molecular complexity index is 558. The fourth-order valence-electron chi connectivity index (χ4n) is 4.52. The van der Waals surface area contributed by atoms with Crippen LogP contribution in [0.25, 0.3) is 0 Å². The number of ether oxygens (including phenoxy) is 2. The molecule has 3 nitrogen and oxygen atoms in total. The Hall–Kier alpha value is -1.51. The Balaban J connectivity index is 1.75. The molecule has 1 saturated carbocycles. The molecule has 29 heavy (non-hydrogen) atoms. The molecule has 1 unspecified atom stereocenters. The maximum absolute atomic E-state index is 11.9. The Morgan fingerprint density at radius 1 is 0.931 bits per heavy atom. The number of hydrogen-bond donors (Lipinski definition) is 0. The van der Waals surface area contributed by atoms with Gasteiger partial charge in [0.15, 0.2) is 0 Å². The minimum absolute atomic E-state index is 0.251. The highest BCUT2D eigenvalue weighted by molar-refractivity contribution is 5.89. The van der Waals surface area contributed by atoms with Gasteiger partial charge in [0, 0.05) is 0 Å². The maximum atomic E-state index is 11.9. The van der Waals surface area contributed by atoms with Gasteiger partial charge >= 0.3 is 5.97 Å². The first-order chi connectivity index (χ1) is 14.2. The minimum atomic E-state index is -0.251. The van der Waals surface area contributed by atoms with Crippen molar-refractivity contribution in [3.8, 4) is 5.75 Å². The first kappa shape index (κ1) is 23.8. The Morgan fingerprint density at radius 2 is 1.62 bits per heavy atom. The monoisotopic (exact) mass is 402 g/mol. The summed E-state index contributed by atoms with van der Waals surface area (Å²) in [5.41, 5.74) is 0.596. The summed E-state index contributed by atoms with van der Waals surface area (Å²) in [6.45, 7) is 6.97. The third-order valence-electron chi connectivity index (χ3n) is 6.35. The normalized spacial score (nSPS) is 20.2. The lowest BCUT2D eigenvalue weighted by atomic mass is 9.77. The lowest BCUT2D eigenvalue weighted by Crippen LogP contribution is -2.30. The zero-order valence-corrected chi connectivity index (χ0v) is 19.0. The van der Waals surface area contributed by atoms with Crippen molar-refractivity contribution in [3.63, 3.8) is 0 Å². The van der Waals surface area contributed by atoms with Crippen LogP contribution in [0.3, 0.4) is 0 Å². The van der Waals surface area contributed by atoms with Crippen LogP contribution in [0.5, 0.6) is 5.75 Å². The van der Waals surface area contributed by atoms with E-state index in [0.717, 1.165) is 24.5 Å². The molecule has 0 N–H and O–H groups in total. The molecule has 1 atom stereocenters. The molecular weight excluding hydrogens is 360 g/mol. The van der Waals surface area contributed by atoms with Gasteiger partial charge in [0.05, 0.1) is 12.2 Å². The number of esters is 1. The Labute approximate surface area is 178 Å². The van der Waals surface area contributed by atoms with Crippen LogP contribution in [-0.2, 0) is 4.74 Å². The average molecular weight is 403 g/mol. The third kappa shape index (κ3) is 8.40. The van der Waals surface area contributed by atoms with Crippen LogP contribution >= 0.6 is 0 Å². The van der Waals surface area contributed by atoms with Crippen molar-refractivity contribution in [3.05, 3.63) is 29.8 Å². The summed E-state index contributed by atoms with van der Waals surface area (Å²) in [6.07, 6.45) is 15.8. The minimum Gasteiger partial charge on any atom is -0.490 e. The smallest absolute Gasteiger partial charge is 0.338 e. The molecule has 3 heteroatoms. The van der Waals surface area contributed by atoms with E-state index in [0.29, 0.717) is 18.1 Å². The molecule has 0 aromatic heterocycles. The Morgan fingerprint density at radius 3 is 2.24 bits per heavy atom. The number of carbonyl (C=O) groups is 1. The first-order valence-corrected chi connectivity index (χ1v) is 12.1. The highest BCUT2D eigenvalue weighted by Crippen LogP contribution is 2.36. The summed E-state index contributed by atoms with van der Waals surface area (Å²) in [6, 6.07) is 7.45. The summed E-state index contributed by atoms with van der Waals surface area (Å²) in [5.74, 6) is 2.20. The summed E-state index contributed by atoms with van der Waals surface area (Å²) in [7, 11) is 0. The number of carbonyl (C=O) groups excluding carboxylic acids is 1. The van der Waals surface area contributed by atoms with Gasteiger partial charge in [0.1, 0.15) is 11.9 Å². The van der Waals surface area contributed by atoms with E-state index < -0.39 is 0 Å². The number of benzene rings is 1. The van der Waals surface area contributed by atoms with Gasteiger partial charge in [-0.15, -0.1) is 0 Å². The molecule has 1 aromatic rings. The molecule has 0 aliphatic heterocycles. The summed E-state index contributed by atoms with van der Waals surface area (Å²) < 4.78 is 11.5. The van der Waals surface area contributed by atoms with Gasteiger partial charge in [-0.1, -0.05) is 72.1 Å². The average Bonchev–Trinajstić information content (AvgIpc) is 2.76. The van der Waals surface area contributed by atoms with Crippen LogP contribution in [0.1, 0.15) is 108 Å². The van der Waals surface area contributed by atoms with Crippen LogP contribution in [0.4, 0.5) is 0 Å². The molecule has 1 aliphatic carbocycles. The van der Waals surface area contributed by atoms with Crippen LogP contribution in [-0.4, -0.2) is 18.7 Å². The zero-order valence-electron chi connectivity index (χ0n) is 19.0. The topological polar surface area (TPSA) is 35.5 Å². The molecule has 0 radical (unpaired) electrons. The van der Waals surface area contributed by atoms with Gasteiger partial charge in [0.2, 0.25) is 0 Å². The van der Waals surface area contributed by atoms with Crippen LogP contribution in [0.15, 0.2) is 24.3 Å². The molecule has 0 spiro atoms. The molecule has 0 saturated heterocycles. The molecule has 164 valence electrons. The van der Waals surface area contributed by atoms with Gasteiger partial charge in [-0.2, -0.15) is 0 Å². The predicted molar refractivity (Wildman–Crippen MR) is 121 cm³/mol. The predicted octanol–water partition coefficient (Wildman–Crippen LogP) is 7.58. The van der Waals surface area contributed by atoms with Crippen LogP contribution in [0, 0.1) is 11.8 Å². The van der Waals surface area contributed by atoms with Gasteiger partial charge in [-0.25, -0.2) is 4.79 Å². The van der Waals surface area contributed by atoms with Crippen molar-refractivity contribution in [2.24, 2.45) is 11.8 Å². The van der Waals surface area contributed by atoms with E-state index in [-0.39, 0.29) is 12.1 Å². The van der Waals surface area contributed by atoms with Crippen LogP contribution in [0.2, 0.25) is 0 Å². The SMILES string of the molecule is CCCCCCCC1CCC(C(CC)Oc2ccc(C(=O)OCCC)cc2)CC1. The lowest BCUT2D eigenvalue weighted by Gasteiger charge is -2.33. The second-order valence-corrected chi connectivity index (χ2v) is 8.71. The van der Waals surface area contributed by atoms with E-state index in [4.69, 9.17) is 9.47 Å². The quantitative estimate of drug-likeness (QED) is 0.252. The van der Waals surface area contributed by atoms with Crippen molar-refractivity contribution in [2.45, 2.75) is 104 Å². The summed E-state index contributed by atoms with van der Waals surface area (Å²) in [5, 5.41) is 0. The summed E-state index contributed by atoms with van der Waals surface area (Å²) in [4.78, 5) is 11.9. The van der Waals surface area contributed by atoms with E-state index in [9.17, 15) is 4.79 Å². The van der Waals surface area contributed by atoms with Gasteiger partial charge in [-0.05, 0) is 61.8 Å². The van der Waals surface area contributed by atoms with Gasteiger partial charge in [0.25, 0.3) is 0 Å². The fourth-order valence-corrected chi connectivity index (χ4v) is 4.52. The molecule has 2 rings (SSSR count). The maximum Gasteiger partial charge on any atom is 0.338 e. The molecule has 0 amide bonds. The third-order valence-corrected chi connectivity index (χ3v) is 6.35. The highest BCUT2D eigenvalue weighted by Gasteiger charge is 2.27. The molecular formula is C26H42O3. The van der Waals surface area contributed by atoms with E-state index in [2.05, 4.69) is 13.8 Å². The Kier molecular flexibility index (Phi) is 11.2. The molecule has 1 aliphatic rings. The van der Waals surface area contributed by atoms with Crippen molar-refractivity contribution in [1.82, 2.24) is 0 Å². The van der Waals surface area contributed by atoms with Crippen molar-refractivity contribution < 1.29 is 14.3 Å². The molecule has 0 bridgehead atoms. The standard InChI is InChI=1S/C26H42O3/c1-4-7-8-9-10-11-21-12-14-22(15-13-21)25(6-3)29-24-18-16-23(17-19-24)26(27)28-20-5-2/h16-19,21-22,25H,4-15,20H2,1-3H3. The van der Waals surface area contributed by atoms with Gasteiger partial charge in [-0.3, -0.25) is 0 Å². The van der Waals surface area contributed by atoms with Gasteiger partial charge < -0.3 is 9.47 Å². The highest BCUT2D eigenvalue weighted by atomic mass is 16.5. The number of rotatable bonds is 13. The lowest BCUT2D eigenvalue weighted by molar-refractivity contribution is 0.0505. The van der Waals surface area contributed by atoms with E-state index in [1.807, 2.05) is 31.2 Å². The molecule has 1 fully saturated rings. The fraction of sp³-hybridized carbons (Fsp3) is 0.731. The molecule has 1 aromatic carbocycles. The first-order valence-electron chi connectivity index (χ1n) is 12.1. The van der Waals surface area contributed by atoms with Crippen molar-refractivity contribution in [2.75, 3.05) is 6.61 Å². The van der Waals surface area contributed by atoms with Crippen molar-refractivity contribution >= 4 is 5.97 Å². The van der Waals surface area contributed by atoms with E-state index in [1.54, 1.807) is 0 Å². The van der Waals surface area contributed by atoms with E-state index >= 15 is 0 Å². The summed E-state index contributed by atoms with van der Waals surface area (Å²) >= 11 is 0.